The lowest BCUT2D eigenvalue weighted by Crippen LogP contribution is -2.42. The molecule has 0 saturated heterocycles. The first-order valence-corrected chi connectivity index (χ1v) is 7.97. The van der Waals surface area contributed by atoms with Gasteiger partial charge in [0.1, 0.15) is 0 Å². The first kappa shape index (κ1) is 13.4. The Morgan fingerprint density at radius 2 is 2.24 bits per heavy atom. The Morgan fingerprint density at radius 1 is 1.47 bits per heavy atom. The van der Waals surface area contributed by atoms with Crippen LogP contribution in [0.25, 0.3) is 0 Å². The van der Waals surface area contributed by atoms with Crippen molar-refractivity contribution in [1.29, 1.82) is 0 Å². The van der Waals surface area contributed by atoms with Gasteiger partial charge in [0.15, 0.2) is 0 Å². The van der Waals surface area contributed by atoms with Gasteiger partial charge in [0.25, 0.3) is 5.91 Å². The van der Waals surface area contributed by atoms with Crippen LogP contribution >= 0.6 is 38.9 Å². The van der Waals surface area contributed by atoms with Gasteiger partial charge in [-0.1, -0.05) is 12.8 Å². The lowest BCUT2D eigenvalue weighted by atomic mass is 9.86. The minimum absolute atomic E-state index is 0.0303. The van der Waals surface area contributed by atoms with E-state index in [0.29, 0.717) is 11.8 Å². The lowest BCUT2D eigenvalue weighted by Gasteiger charge is -2.30. The van der Waals surface area contributed by atoms with Crippen molar-refractivity contribution in [2.75, 3.05) is 5.88 Å². The van der Waals surface area contributed by atoms with Gasteiger partial charge >= 0.3 is 0 Å². The number of rotatable bonds is 3. The number of thiophene rings is 1. The van der Waals surface area contributed by atoms with Crippen LogP contribution < -0.4 is 5.32 Å². The van der Waals surface area contributed by atoms with E-state index in [0.717, 1.165) is 21.5 Å². The number of nitrogens with one attached hydrogen (secondary N) is 1. The summed E-state index contributed by atoms with van der Waals surface area (Å²) in [6, 6.07) is 4.00. The van der Waals surface area contributed by atoms with E-state index in [1.165, 1.54) is 24.2 Å². The molecule has 0 bridgehead atoms. The van der Waals surface area contributed by atoms with Gasteiger partial charge in [-0.3, -0.25) is 4.79 Å². The van der Waals surface area contributed by atoms with Gasteiger partial charge in [-0.05, 0) is 46.8 Å². The van der Waals surface area contributed by atoms with Gasteiger partial charge in [-0.2, -0.15) is 0 Å². The van der Waals surface area contributed by atoms with Crippen molar-refractivity contribution >= 4 is 44.8 Å². The highest BCUT2D eigenvalue weighted by atomic mass is 79.9. The normalized spacial score (nSPS) is 24.6. The second kappa shape index (κ2) is 6.21. The van der Waals surface area contributed by atoms with E-state index in [1.807, 2.05) is 12.1 Å². The van der Waals surface area contributed by atoms with Gasteiger partial charge < -0.3 is 5.32 Å². The van der Waals surface area contributed by atoms with Crippen LogP contribution in [0.15, 0.2) is 15.9 Å². The molecule has 1 amide bonds. The molecule has 0 aliphatic heterocycles. The minimum atomic E-state index is 0.0303. The van der Waals surface area contributed by atoms with E-state index < -0.39 is 0 Å². The Morgan fingerprint density at radius 3 is 2.88 bits per heavy atom. The minimum Gasteiger partial charge on any atom is -0.348 e. The molecule has 2 rings (SSSR count). The third kappa shape index (κ3) is 3.46. The summed E-state index contributed by atoms with van der Waals surface area (Å²) in [4.78, 5) is 12.8. The van der Waals surface area contributed by atoms with E-state index in [-0.39, 0.29) is 11.9 Å². The molecule has 5 heteroatoms. The van der Waals surface area contributed by atoms with Crippen LogP contribution in [0.3, 0.4) is 0 Å². The highest BCUT2D eigenvalue weighted by Gasteiger charge is 2.26. The summed E-state index contributed by atoms with van der Waals surface area (Å²) >= 11 is 10.8. The molecule has 1 aromatic heterocycles. The zero-order chi connectivity index (χ0) is 12.3. The van der Waals surface area contributed by atoms with Crippen molar-refractivity contribution < 1.29 is 4.79 Å². The van der Waals surface area contributed by atoms with E-state index >= 15 is 0 Å². The highest BCUT2D eigenvalue weighted by Crippen LogP contribution is 2.27. The lowest BCUT2D eigenvalue weighted by molar-refractivity contribution is 0.0915. The average Bonchev–Trinajstić information content (AvgIpc) is 2.77. The van der Waals surface area contributed by atoms with Crippen LogP contribution in [0.5, 0.6) is 0 Å². The third-order valence-corrected chi connectivity index (χ3v) is 5.24. The van der Waals surface area contributed by atoms with Crippen molar-refractivity contribution in [3.05, 3.63) is 20.8 Å². The maximum Gasteiger partial charge on any atom is 0.261 e. The molecular weight excluding hydrogens is 322 g/mol. The number of carbonyl (C=O) groups is 1. The first-order valence-electron chi connectivity index (χ1n) is 5.83. The fourth-order valence-electron chi connectivity index (χ4n) is 2.26. The van der Waals surface area contributed by atoms with Crippen LogP contribution in [-0.4, -0.2) is 17.8 Å². The molecule has 1 aromatic rings. The number of hydrogen-bond donors (Lipinski definition) is 1. The van der Waals surface area contributed by atoms with Gasteiger partial charge in [0.2, 0.25) is 0 Å². The molecule has 2 atom stereocenters. The Bertz CT molecular complexity index is 396. The number of halogens is 2. The summed E-state index contributed by atoms with van der Waals surface area (Å²) in [7, 11) is 0. The number of alkyl halides is 1. The van der Waals surface area contributed by atoms with Gasteiger partial charge in [-0.15, -0.1) is 22.9 Å². The summed E-state index contributed by atoms with van der Waals surface area (Å²) in [5, 5.41) is 3.12. The Hall–Kier alpha value is -0.0600. The molecule has 2 unspecified atom stereocenters. The molecule has 2 nitrogen and oxygen atoms in total. The summed E-state index contributed by atoms with van der Waals surface area (Å²) < 4.78 is 0.986. The molecule has 1 saturated carbocycles. The fourth-order valence-corrected chi connectivity index (χ4v) is 3.92. The standard InChI is InChI=1S/C12H15BrClNOS/c13-11-6-5-10(17-11)12(16)15-9-4-2-1-3-8(9)7-14/h5-6,8-9H,1-4,7H2,(H,15,16). The number of hydrogen-bond acceptors (Lipinski definition) is 2. The molecule has 1 aliphatic carbocycles. The van der Waals surface area contributed by atoms with Gasteiger partial charge in [0, 0.05) is 11.9 Å². The third-order valence-electron chi connectivity index (χ3n) is 3.22. The maximum absolute atomic E-state index is 12.0. The summed E-state index contributed by atoms with van der Waals surface area (Å²) in [6.07, 6.45) is 4.60. The second-order valence-electron chi connectivity index (χ2n) is 4.38. The molecule has 1 aliphatic rings. The SMILES string of the molecule is O=C(NC1CCCCC1CCl)c1ccc(Br)s1. The first-order chi connectivity index (χ1) is 8.20. The quantitative estimate of drug-likeness (QED) is 0.829. The second-order valence-corrected chi connectivity index (χ2v) is 7.15. The predicted octanol–water partition coefficient (Wildman–Crippen LogP) is 4.04. The van der Waals surface area contributed by atoms with Crippen LogP contribution in [-0.2, 0) is 0 Å². The average molecular weight is 337 g/mol. The molecule has 0 spiro atoms. The van der Waals surface area contributed by atoms with Crippen LogP contribution in [0, 0.1) is 5.92 Å². The Balaban J connectivity index is 1.97. The monoisotopic (exact) mass is 335 g/mol. The highest BCUT2D eigenvalue weighted by molar-refractivity contribution is 9.11. The fraction of sp³-hybridized carbons (Fsp3) is 0.583. The number of carbonyl (C=O) groups excluding carboxylic acids is 1. The van der Waals surface area contributed by atoms with Gasteiger partial charge in [0.05, 0.1) is 8.66 Å². The predicted molar refractivity (Wildman–Crippen MR) is 76.0 cm³/mol. The zero-order valence-electron chi connectivity index (χ0n) is 9.42. The number of amides is 1. The van der Waals surface area contributed by atoms with Crippen molar-refractivity contribution in [2.45, 2.75) is 31.7 Å². The van der Waals surface area contributed by atoms with E-state index in [9.17, 15) is 4.79 Å². The molecule has 1 N–H and O–H groups in total. The molecule has 17 heavy (non-hydrogen) atoms. The largest absolute Gasteiger partial charge is 0.348 e. The molecule has 94 valence electrons. The Labute approximate surface area is 119 Å². The summed E-state index contributed by atoms with van der Waals surface area (Å²) in [5.41, 5.74) is 0. The van der Waals surface area contributed by atoms with Crippen molar-refractivity contribution in [3.8, 4) is 0 Å². The van der Waals surface area contributed by atoms with E-state index in [2.05, 4.69) is 21.2 Å². The smallest absolute Gasteiger partial charge is 0.261 e. The van der Waals surface area contributed by atoms with Crippen LogP contribution in [0.1, 0.15) is 35.4 Å². The van der Waals surface area contributed by atoms with Crippen LogP contribution in [0.2, 0.25) is 0 Å². The molecule has 0 radical (unpaired) electrons. The van der Waals surface area contributed by atoms with Crippen molar-refractivity contribution in [2.24, 2.45) is 5.92 Å². The molecule has 0 aromatic carbocycles. The maximum atomic E-state index is 12.0. The summed E-state index contributed by atoms with van der Waals surface area (Å²) in [5.74, 6) is 1.10. The van der Waals surface area contributed by atoms with Crippen LogP contribution in [0.4, 0.5) is 0 Å². The molecule has 1 heterocycles. The van der Waals surface area contributed by atoms with E-state index in [1.54, 1.807) is 0 Å². The van der Waals surface area contributed by atoms with E-state index in [4.69, 9.17) is 11.6 Å². The zero-order valence-corrected chi connectivity index (χ0v) is 12.6. The molecule has 1 fully saturated rings. The summed E-state index contributed by atoms with van der Waals surface area (Å²) in [6.45, 7) is 0. The van der Waals surface area contributed by atoms with Gasteiger partial charge in [-0.25, -0.2) is 0 Å². The molecular formula is C12H15BrClNOS. The van der Waals surface area contributed by atoms with Crippen molar-refractivity contribution in [3.63, 3.8) is 0 Å². The Kier molecular flexibility index (Phi) is 4.88. The topological polar surface area (TPSA) is 29.1 Å². The van der Waals surface area contributed by atoms with Crippen molar-refractivity contribution in [1.82, 2.24) is 5.32 Å².